The molecule has 1 N–H and O–H groups in total. The molecular formula is C16H24N2. The summed E-state index contributed by atoms with van der Waals surface area (Å²) in [6, 6.07) is 9.00. The summed E-state index contributed by atoms with van der Waals surface area (Å²) in [5, 5.41) is 3.44. The molecule has 1 aromatic carbocycles. The summed E-state index contributed by atoms with van der Waals surface area (Å²) in [5.74, 6) is 0. The number of nitrogens with zero attached hydrogens (tertiary/aromatic N) is 1. The van der Waals surface area contributed by atoms with E-state index in [1.807, 2.05) is 0 Å². The number of fused-ring (bicyclic) bond motifs is 1. The molecule has 1 unspecified atom stereocenters. The highest BCUT2D eigenvalue weighted by atomic mass is 15.2. The van der Waals surface area contributed by atoms with E-state index in [2.05, 4.69) is 41.4 Å². The van der Waals surface area contributed by atoms with Crippen LogP contribution in [-0.2, 0) is 12.8 Å². The van der Waals surface area contributed by atoms with Gasteiger partial charge in [0.2, 0.25) is 0 Å². The lowest BCUT2D eigenvalue weighted by Gasteiger charge is -2.40. The summed E-state index contributed by atoms with van der Waals surface area (Å²) in [7, 11) is 0. The third-order valence-corrected chi connectivity index (χ3v) is 4.55. The second-order valence-electron chi connectivity index (χ2n) is 6.28. The smallest absolute Gasteiger partial charge is 0.0108 e. The van der Waals surface area contributed by atoms with Crippen molar-refractivity contribution < 1.29 is 0 Å². The molecule has 1 heterocycles. The van der Waals surface area contributed by atoms with E-state index in [4.69, 9.17) is 0 Å². The number of nitrogens with one attached hydrogen (secondary N) is 1. The molecule has 0 radical (unpaired) electrons. The zero-order valence-electron chi connectivity index (χ0n) is 11.4. The Morgan fingerprint density at radius 1 is 1.17 bits per heavy atom. The number of piperazine rings is 1. The quantitative estimate of drug-likeness (QED) is 0.857. The molecule has 0 bridgehead atoms. The van der Waals surface area contributed by atoms with Gasteiger partial charge in [-0.3, -0.25) is 0 Å². The van der Waals surface area contributed by atoms with Crippen LogP contribution in [0.5, 0.6) is 0 Å². The SMILES string of the molecule is CC1(CN2CCNCC2)CCc2ccccc2C1. The summed E-state index contributed by atoms with van der Waals surface area (Å²) < 4.78 is 0. The van der Waals surface area contributed by atoms with E-state index >= 15 is 0 Å². The monoisotopic (exact) mass is 244 g/mol. The summed E-state index contributed by atoms with van der Waals surface area (Å²) in [6.45, 7) is 8.50. The predicted molar refractivity (Wildman–Crippen MR) is 75.9 cm³/mol. The number of hydrogen-bond donors (Lipinski definition) is 1. The molecular weight excluding hydrogens is 220 g/mol. The van der Waals surface area contributed by atoms with Crippen molar-refractivity contribution in [2.24, 2.45) is 5.41 Å². The third kappa shape index (κ3) is 2.60. The van der Waals surface area contributed by atoms with E-state index in [9.17, 15) is 0 Å². The van der Waals surface area contributed by atoms with Crippen LogP contribution in [0, 0.1) is 5.41 Å². The Labute approximate surface area is 110 Å². The van der Waals surface area contributed by atoms with Gasteiger partial charge in [0, 0.05) is 32.7 Å². The van der Waals surface area contributed by atoms with Crippen molar-refractivity contribution in [1.82, 2.24) is 10.2 Å². The third-order valence-electron chi connectivity index (χ3n) is 4.55. The van der Waals surface area contributed by atoms with Crippen LogP contribution in [-0.4, -0.2) is 37.6 Å². The summed E-state index contributed by atoms with van der Waals surface area (Å²) in [6.07, 6.45) is 3.86. The second kappa shape index (κ2) is 5.02. The molecule has 1 aliphatic carbocycles. The predicted octanol–water partition coefficient (Wildman–Crippen LogP) is 2.09. The topological polar surface area (TPSA) is 15.3 Å². The lowest BCUT2D eigenvalue weighted by Crippen LogP contribution is -2.48. The minimum Gasteiger partial charge on any atom is -0.314 e. The molecule has 1 saturated heterocycles. The van der Waals surface area contributed by atoms with Gasteiger partial charge in [-0.15, -0.1) is 0 Å². The lowest BCUT2D eigenvalue weighted by atomic mass is 9.72. The van der Waals surface area contributed by atoms with Gasteiger partial charge in [-0.1, -0.05) is 31.2 Å². The molecule has 0 spiro atoms. The molecule has 2 nitrogen and oxygen atoms in total. The highest BCUT2D eigenvalue weighted by Gasteiger charge is 2.31. The van der Waals surface area contributed by atoms with Crippen LogP contribution in [0.3, 0.4) is 0 Å². The van der Waals surface area contributed by atoms with Crippen LogP contribution in [0.4, 0.5) is 0 Å². The van der Waals surface area contributed by atoms with E-state index in [1.165, 1.54) is 38.9 Å². The normalized spacial score (nSPS) is 28.9. The van der Waals surface area contributed by atoms with Crippen molar-refractivity contribution >= 4 is 0 Å². The Morgan fingerprint density at radius 3 is 2.67 bits per heavy atom. The minimum absolute atomic E-state index is 0.478. The van der Waals surface area contributed by atoms with Gasteiger partial charge in [-0.2, -0.15) is 0 Å². The van der Waals surface area contributed by atoms with Crippen molar-refractivity contribution in [1.29, 1.82) is 0 Å². The minimum atomic E-state index is 0.478. The van der Waals surface area contributed by atoms with Crippen molar-refractivity contribution in [3.8, 4) is 0 Å². The fourth-order valence-electron chi connectivity index (χ4n) is 3.50. The average Bonchev–Trinajstić information content (AvgIpc) is 2.39. The Kier molecular flexibility index (Phi) is 3.40. The van der Waals surface area contributed by atoms with Crippen molar-refractivity contribution in [3.63, 3.8) is 0 Å². The zero-order chi connectivity index (χ0) is 12.4. The van der Waals surface area contributed by atoms with Gasteiger partial charge in [-0.25, -0.2) is 0 Å². The highest BCUT2D eigenvalue weighted by Crippen LogP contribution is 2.35. The van der Waals surface area contributed by atoms with Gasteiger partial charge in [0.05, 0.1) is 0 Å². The van der Waals surface area contributed by atoms with Crippen LogP contribution in [0.25, 0.3) is 0 Å². The average molecular weight is 244 g/mol. The van der Waals surface area contributed by atoms with Gasteiger partial charge < -0.3 is 10.2 Å². The standard InChI is InChI=1S/C16H24N2/c1-16(13-18-10-8-17-9-11-18)7-6-14-4-2-3-5-15(14)12-16/h2-5,17H,6-13H2,1H3. The molecule has 3 rings (SSSR count). The first-order chi connectivity index (χ1) is 8.75. The maximum Gasteiger partial charge on any atom is 0.0108 e. The summed E-state index contributed by atoms with van der Waals surface area (Å²) >= 11 is 0. The molecule has 0 amide bonds. The molecule has 0 saturated carbocycles. The first-order valence-electron chi connectivity index (χ1n) is 7.25. The first kappa shape index (κ1) is 12.2. The number of benzene rings is 1. The molecule has 98 valence electrons. The first-order valence-corrected chi connectivity index (χ1v) is 7.25. The highest BCUT2D eigenvalue weighted by molar-refractivity contribution is 5.30. The van der Waals surface area contributed by atoms with E-state index < -0.39 is 0 Å². The molecule has 18 heavy (non-hydrogen) atoms. The van der Waals surface area contributed by atoms with Crippen LogP contribution >= 0.6 is 0 Å². The van der Waals surface area contributed by atoms with Crippen molar-refractivity contribution in [3.05, 3.63) is 35.4 Å². The number of rotatable bonds is 2. The zero-order valence-corrected chi connectivity index (χ0v) is 11.4. The van der Waals surface area contributed by atoms with E-state index in [-0.39, 0.29) is 0 Å². The molecule has 0 aromatic heterocycles. The number of hydrogen-bond acceptors (Lipinski definition) is 2. The Bertz CT molecular complexity index is 409. The Balaban J connectivity index is 1.69. The number of aryl methyl sites for hydroxylation is 1. The van der Waals surface area contributed by atoms with Gasteiger partial charge in [-0.05, 0) is 35.8 Å². The molecule has 2 heteroatoms. The van der Waals surface area contributed by atoms with E-state index in [1.54, 1.807) is 11.1 Å². The van der Waals surface area contributed by atoms with E-state index in [0.717, 1.165) is 13.1 Å². The summed E-state index contributed by atoms with van der Waals surface area (Å²) in [4.78, 5) is 2.64. The largest absolute Gasteiger partial charge is 0.314 e. The fraction of sp³-hybridized carbons (Fsp3) is 0.625. The van der Waals surface area contributed by atoms with Gasteiger partial charge in [0.15, 0.2) is 0 Å². The van der Waals surface area contributed by atoms with Crippen molar-refractivity contribution in [2.45, 2.75) is 26.2 Å². The molecule has 1 atom stereocenters. The lowest BCUT2D eigenvalue weighted by molar-refractivity contribution is 0.134. The second-order valence-corrected chi connectivity index (χ2v) is 6.28. The summed E-state index contributed by atoms with van der Waals surface area (Å²) in [5.41, 5.74) is 3.64. The molecule has 1 fully saturated rings. The molecule has 2 aliphatic rings. The Hall–Kier alpha value is -0.860. The van der Waals surface area contributed by atoms with E-state index in [0.29, 0.717) is 5.41 Å². The van der Waals surface area contributed by atoms with Gasteiger partial charge in [0.1, 0.15) is 0 Å². The Morgan fingerprint density at radius 2 is 1.89 bits per heavy atom. The van der Waals surface area contributed by atoms with Crippen molar-refractivity contribution in [2.75, 3.05) is 32.7 Å². The van der Waals surface area contributed by atoms with Gasteiger partial charge >= 0.3 is 0 Å². The van der Waals surface area contributed by atoms with Crippen LogP contribution < -0.4 is 5.32 Å². The maximum absolute atomic E-state index is 3.44. The maximum atomic E-state index is 3.44. The van der Waals surface area contributed by atoms with Gasteiger partial charge in [0.25, 0.3) is 0 Å². The van der Waals surface area contributed by atoms with Crippen LogP contribution in [0.15, 0.2) is 24.3 Å². The molecule has 1 aliphatic heterocycles. The fourth-order valence-corrected chi connectivity index (χ4v) is 3.50. The molecule has 1 aromatic rings. The van der Waals surface area contributed by atoms with Crippen LogP contribution in [0.2, 0.25) is 0 Å². The van der Waals surface area contributed by atoms with Crippen LogP contribution in [0.1, 0.15) is 24.5 Å².